The number of hydrogen-bond donors (Lipinski definition) is 1. The van der Waals surface area contributed by atoms with Gasteiger partial charge in [-0.25, -0.2) is 9.97 Å². The molecule has 2 aromatic heterocycles. The zero-order chi connectivity index (χ0) is 21.8. The number of aromatic nitrogens is 2. The summed E-state index contributed by atoms with van der Waals surface area (Å²) in [5.41, 5.74) is 3.90. The summed E-state index contributed by atoms with van der Waals surface area (Å²) in [6.45, 7) is 6.93. The second-order valence-electron chi connectivity index (χ2n) is 7.91. The second-order valence-corrected chi connectivity index (χ2v) is 8.87. The number of rotatable bonds is 5. The summed E-state index contributed by atoms with van der Waals surface area (Å²) in [6.07, 6.45) is 3.07. The van der Waals surface area contributed by atoms with E-state index in [0.717, 1.165) is 51.8 Å². The Balaban J connectivity index is 1.28. The number of amides is 2. The van der Waals surface area contributed by atoms with Gasteiger partial charge in [-0.05, 0) is 44.0 Å². The Bertz CT molecular complexity index is 1060. The van der Waals surface area contributed by atoms with Crippen LogP contribution in [0, 0.1) is 13.8 Å². The number of nitrogens with zero attached hydrogens (tertiary/aromatic N) is 4. The van der Waals surface area contributed by atoms with Gasteiger partial charge in [0.05, 0.1) is 0 Å². The van der Waals surface area contributed by atoms with E-state index in [1.807, 2.05) is 49.1 Å². The van der Waals surface area contributed by atoms with Gasteiger partial charge in [0, 0.05) is 50.9 Å². The van der Waals surface area contributed by atoms with Crippen molar-refractivity contribution in [2.75, 3.05) is 36.4 Å². The molecule has 0 aliphatic carbocycles. The van der Waals surface area contributed by atoms with Crippen molar-refractivity contribution in [3.05, 3.63) is 47.7 Å². The molecule has 0 unspecified atom stereocenters. The molecule has 162 valence electrons. The van der Waals surface area contributed by atoms with Crippen molar-refractivity contribution in [1.29, 1.82) is 0 Å². The third-order valence-electron chi connectivity index (χ3n) is 5.50. The molecule has 1 fully saturated rings. The predicted octanol–water partition coefficient (Wildman–Crippen LogP) is 3.77. The average Bonchev–Trinajstić information content (AvgIpc) is 3.03. The van der Waals surface area contributed by atoms with E-state index >= 15 is 0 Å². The molecule has 2 amide bonds. The lowest BCUT2D eigenvalue weighted by Gasteiger charge is -2.21. The summed E-state index contributed by atoms with van der Waals surface area (Å²) in [6, 6.07) is 9.78. The number of carbonyl (C=O) groups excluding carboxylic acids is 2. The van der Waals surface area contributed by atoms with E-state index in [1.54, 1.807) is 17.5 Å². The van der Waals surface area contributed by atoms with E-state index in [0.29, 0.717) is 13.1 Å². The van der Waals surface area contributed by atoms with Crippen molar-refractivity contribution in [3.8, 4) is 0 Å². The molecule has 0 radical (unpaired) electrons. The van der Waals surface area contributed by atoms with Crippen LogP contribution in [0.2, 0.25) is 0 Å². The number of carbonyl (C=O) groups is 2. The van der Waals surface area contributed by atoms with Gasteiger partial charge in [0.2, 0.25) is 11.8 Å². The summed E-state index contributed by atoms with van der Waals surface area (Å²) >= 11 is 1.59. The lowest BCUT2D eigenvalue weighted by molar-refractivity contribution is -0.132. The van der Waals surface area contributed by atoms with Gasteiger partial charge in [-0.2, -0.15) is 0 Å². The molecule has 1 aromatic carbocycles. The number of benzene rings is 1. The highest BCUT2D eigenvalue weighted by Gasteiger charge is 2.22. The number of hydrogen-bond acceptors (Lipinski definition) is 6. The van der Waals surface area contributed by atoms with Gasteiger partial charge in [0.1, 0.15) is 10.3 Å². The topological polar surface area (TPSA) is 78.4 Å². The zero-order valence-corrected chi connectivity index (χ0v) is 18.7. The van der Waals surface area contributed by atoms with Gasteiger partial charge in [0.15, 0.2) is 5.13 Å². The molecule has 7 nitrogen and oxygen atoms in total. The van der Waals surface area contributed by atoms with E-state index in [9.17, 15) is 9.59 Å². The van der Waals surface area contributed by atoms with Crippen molar-refractivity contribution in [1.82, 2.24) is 14.9 Å². The quantitative estimate of drug-likeness (QED) is 0.657. The van der Waals surface area contributed by atoms with Crippen LogP contribution in [-0.2, 0) is 9.59 Å². The Hall–Kier alpha value is -3.00. The first-order valence-electron chi connectivity index (χ1n) is 10.6. The van der Waals surface area contributed by atoms with E-state index in [4.69, 9.17) is 0 Å². The SMILES string of the molecule is Cc1ccc(NC(=O)CCC(=O)N2CCCN(c3nc4cccnc4s3)CC2)c(C)c1. The molecule has 1 N–H and O–H groups in total. The Morgan fingerprint density at radius 3 is 2.77 bits per heavy atom. The summed E-state index contributed by atoms with van der Waals surface area (Å²) in [5.74, 6) is -0.0951. The first-order valence-corrected chi connectivity index (χ1v) is 11.4. The maximum absolute atomic E-state index is 12.7. The van der Waals surface area contributed by atoms with Gasteiger partial charge >= 0.3 is 0 Å². The maximum Gasteiger partial charge on any atom is 0.224 e. The summed E-state index contributed by atoms with van der Waals surface area (Å²) in [4.78, 5) is 39.1. The van der Waals surface area contributed by atoms with E-state index in [-0.39, 0.29) is 24.7 Å². The fourth-order valence-electron chi connectivity index (χ4n) is 3.80. The van der Waals surface area contributed by atoms with Crippen LogP contribution < -0.4 is 10.2 Å². The third kappa shape index (κ3) is 5.19. The summed E-state index contributed by atoms with van der Waals surface area (Å²) in [7, 11) is 0. The molecule has 0 saturated carbocycles. The molecule has 3 aromatic rings. The highest BCUT2D eigenvalue weighted by molar-refractivity contribution is 7.21. The zero-order valence-electron chi connectivity index (χ0n) is 17.9. The molecule has 1 aliphatic heterocycles. The number of thiazole rings is 1. The van der Waals surface area contributed by atoms with Crippen LogP contribution in [0.4, 0.5) is 10.8 Å². The average molecular weight is 438 g/mol. The molecular formula is C23H27N5O2S. The molecule has 4 rings (SSSR count). The minimum absolute atomic E-state index is 0.0311. The summed E-state index contributed by atoms with van der Waals surface area (Å²) in [5, 5.41) is 3.87. The number of fused-ring (bicyclic) bond motifs is 1. The van der Waals surface area contributed by atoms with Crippen LogP contribution in [0.1, 0.15) is 30.4 Å². The Morgan fingerprint density at radius 1 is 1.10 bits per heavy atom. The molecule has 8 heteroatoms. The maximum atomic E-state index is 12.7. The number of aryl methyl sites for hydroxylation is 2. The lowest BCUT2D eigenvalue weighted by Crippen LogP contribution is -2.35. The molecule has 0 bridgehead atoms. The Kier molecular flexibility index (Phi) is 6.46. The normalized spacial score (nSPS) is 14.5. The van der Waals surface area contributed by atoms with Crippen LogP contribution in [-0.4, -0.2) is 52.9 Å². The fourth-order valence-corrected chi connectivity index (χ4v) is 4.76. The molecule has 0 atom stereocenters. The van der Waals surface area contributed by atoms with Crippen molar-refractivity contribution in [3.63, 3.8) is 0 Å². The number of nitrogens with one attached hydrogen (secondary N) is 1. The van der Waals surface area contributed by atoms with E-state index in [1.165, 1.54) is 0 Å². The van der Waals surface area contributed by atoms with Crippen LogP contribution in [0.15, 0.2) is 36.5 Å². The van der Waals surface area contributed by atoms with E-state index < -0.39 is 0 Å². The van der Waals surface area contributed by atoms with Crippen molar-refractivity contribution in [2.24, 2.45) is 0 Å². The molecule has 31 heavy (non-hydrogen) atoms. The van der Waals surface area contributed by atoms with Crippen LogP contribution >= 0.6 is 11.3 Å². The summed E-state index contributed by atoms with van der Waals surface area (Å²) < 4.78 is 0. The van der Waals surface area contributed by atoms with Crippen molar-refractivity contribution in [2.45, 2.75) is 33.1 Å². The van der Waals surface area contributed by atoms with Crippen LogP contribution in [0.3, 0.4) is 0 Å². The Morgan fingerprint density at radius 2 is 1.97 bits per heavy atom. The van der Waals surface area contributed by atoms with Gasteiger partial charge in [-0.3, -0.25) is 9.59 Å². The first-order chi connectivity index (χ1) is 15.0. The van der Waals surface area contributed by atoms with Gasteiger partial charge in [-0.15, -0.1) is 0 Å². The highest BCUT2D eigenvalue weighted by atomic mass is 32.1. The standard InChI is InChI=1S/C23H27N5O2S/c1-16-6-7-18(17(2)15-16)25-20(29)8-9-21(30)27-11-4-12-28(14-13-27)23-26-19-5-3-10-24-22(19)31-23/h3,5-7,10,15H,4,8-9,11-14H2,1-2H3,(H,25,29). The van der Waals surface area contributed by atoms with E-state index in [2.05, 4.69) is 20.2 Å². The molecule has 3 heterocycles. The number of pyridine rings is 1. The molecule has 1 aliphatic rings. The third-order valence-corrected chi connectivity index (χ3v) is 6.54. The molecule has 0 spiro atoms. The first kappa shape index (κ1) is 21.2. The van der Waals surface area contributed by atoms with Crippen LogP contribution in [0.25, 0.3) is 10.3 Å². The largest absolute Gasteiger partial charge is 0.346 e. The monoisotopic (exact) mass is 437 g/mol. The smallest absolute Gasteiger partial charge is 0.224 e. The fraction of sp³-hybridized carbons (Fsp3) is 0.391. The van der Waals surface area contributed by atoms with Gasteiger partial charge < -0.3 is 15.1 Å². The minimum atomic E-state index is -0.126. The highest BCUT2D eigenvalue weighted by Crippen LogP contribution is 2.27. The van der Waals surface area contributed by atoms with Crippen molar-refractivity contribution >= 4 is 44.3 Å². The van der Waals surface area contributed by atoms with Gasteiger partial charge in [0.25, 0.3) is 0 Å². The lowest BCUT2D eigenvalue weighted by atomic mass is 10.1. The molecular weight excluding hydrogens is 410 g/mol. The molecule has 1 saturated heterocycles. The van der Waals surface area contributed by atoms with Crippen molar-refractivity contribution < 1.29 is 9.59 Å². The second kappa shape index (κ2) is 9.43. The van der Waals surface area contributed by atoms with Crippen LogP contribution in [0.5, 0.6) is 0 Å². The van der Waals surface area contributed by atoms with Gasteiger partial charge in [-0.1, -0.05) is 29.0 Å². The number of anilines is 2. The Labute approximate surface area is 186 Å². The minimum Gasteiger partial charge on any atom is -0.346 e. The predicted molar refractivity (Wildman–Crippen MR) is 125 cm³/mol.